The Bertz CT molecular complexity index is 614. The Balaban J connectivity index is 1.44. The number of primary amides is 1. The maximum absolute atomic E-state index is 11.2. The quantitative estimate of drug-likeness (QED) is 0.610. The first-order valence-electron chi connectivity index (χ1n) is 9.17. The van der Waals surface area contributed by atoms with Gasteiger partial charge < -0.3 is 16.0 Å². The highest BCUT2D eigenvalue weighted by molar-refractivity contribution is 7.10. The topological polar surface area (TPSA) is 74.0 Å². The van der Waals surface area contributed by atoms with E-state index < -0.39 is 0 Å². The number of carbonyl (C=O) groups excluding carboxylic acids is 1. The fraction of sp³-hybridized carbons (Fsp3) is 0.667. The molecule has 1 atom stereocenters. The number of rotatable bonds is 5. The van der Waals surface area contributed by atoms with E-state index in [0.717, 1.165) is 58.1 Å². The minimum atomic E-state index is -0.201. The number of thiophene rings is 1. The third kappa shape index (κ3) is 4.95. The van der Waals surface area contributed by atoms with Crippen molar-refractivity contribution >= 4 is 23.2 Å². The number of piperidine rings is 1. The van der Waals surface area contributed by atoms with Gasteiger partial charge in [-0.05, 0) is 42.2 Å². The van der Waals surface area contributed by atoms with E-state index in [0.29, 0.717) is 12.3 Å². The number of likely N-dealkylation sites (tertiary alicyclic amines) is 1. The van der Waals surface area contributed by atoms with Crippen LogP contribution in [0, 0.1) is 5.92 Å². The highest BCUT2D eigenvalue weighted by atomic mass is 32.1. The van der Waals surface area contributed by atoms with Crippen molar-refractivity contribution in [3.8, 4) is 0 Å². The van der Waals surface area contributed by atoms with Gasteiger partial charge >= 0.3 is 0 Å². The van der Waals surface area contributed by atoms with Crippen molar-refractivity contribution in [3.05, 3.63) is 21.9 Å². The summed E-state index contributed by atoms with van der Waals surface area (Å²) in [7, 11) is 1.83. The van der Waals surface area contributed by atoms with Crippen molar-refractivity contribution in [2.45, 2.75) is 32.2 Å². The zero-order valence-electron chi connectivity index (χ0n) is 15.0. The van der Waals surface area contributed by atoms with E-state index >= 15 is 0 Å². The number of carbonyl (C=O) groups is 1. The van der Waals surface area contributed by atoms with Crippen LogP contribution in [0.25, 0.3) is 0 Å². The third-order valence-corrected chi connectivity index (χ3v) is 6.14. The molecule has 2 aliphatic rings. The summed E-state index contributed by atoms with van der Waals surface area (Å²) in [6, 6.07) is 2.26. The van der Waals surface area contributed by atoms with Crippen molar-refractivity contribution < 1.29 is 4.79 Å². The van der Waals surface area contributed by atoms with Gasteiger partial charge in [-0.15, -0.1) is 11.3 Å². The number of aliphatic imine (C=N–C) groups is 1. The van der Waals surface area contributed by atoms with Crippen molar-refractivity contribution in [2.75, 3.05) is 39.8 Å². The maximum atomic E-state index is 11.2. The lowest BCUT2D eigenvalue weighted by Gasteiger charge is -2.35. The van der Waals surface area contributed by atoms with Gasteiger partial charge in [0.05, 0.1) is 0 Å². The normalized spacial score (nSPS) is 21.9. The van der Waals surface area contributed by atoms with Crippen molar-refractivity contribution in [1.29, 1.82) is 0 Å². The average molecular weight is 364 g/mol. The zero-order valence-corrected chi connectivity index (χ0v) is 15.9. The molecule has 1 amide bonds. The Kier molecular flexibility index (Phi) is 6.31. The highest BCUT2D eigenvalue weighted by Gasteiger charge is 2.23. The molecule has 0 aromatic carbocycles. The molecule has 0 bridgehead atoms. The Labute approximate surface area is 154 Å². The zero-order chi connectivity index (χ0) is 17.6. The molecule has 0 saturated carbocycles. The molecule has 3 rings (SSSR count). The molecule has 6 nitrogen and oxygen atoms in total. The molecular formula is C18H29N5OS. The molecule has 25 heavy (non-hydrogen) atoms. The summed E-state index contributed by atoms with van der Waals surface area (Å²) in [5.41, 5.74) is 6.85. The van der Waals surface area contributed by atoms with Crippen LogP contribution in [-0.2, 0) is 17.8 Å². The van der Waals surface area contributed by atoms with Crippen molar-refractivity contribution in [2.24, 2.45) is 16.6 Å². The minimum absolute atomic E-state index is 0.201. The number of nitrogens with zero attached hydrogens (tertiary/aromatic N) is 3. The number of guanidine groups is 1. The summed E-state index contributed by atoms with van der Waals surface area (Å²) in [6.45, 7) is 5.97. The van der Waals surface area contributed by atoms with Crippen LogP contribution in [-0.4, -0.2) is 61.4 Å². The van der Waals surface area contributed by atoms with E-state index in [1.165, 1.54) is 12.0 Å². The Morgan fingerprint density at radius 1 is 1.48 bits per heavy atom. The predicted octanol–water partition coefficient (Wildman–Crippen LogP) is 1.27. The highest BCUT2D eigenvalue weighted by Crippen LogP contribution is 2.23. The van der Waals surface area contributed by atoms with Crippen LogP contribution in [0.3, 0.4) is 0 Å². The molecule has 0 aliphatic carbocycles. The Morgan fingerprint density at radius 2 is 2.36 bits per heavy atom. The molecule has 7 heteroatoms. The van der Waals surface area contributed by atoms with Crippen LogP contribution in [0.1, 0.15) is 29.7 Å². The van der Waals surface area contributed by atoms with E-state index in [4.69, 9.17) is 5.73 Å². The number of amides is 1. The van der Waals surface area contributed by atoms with Gasteiger partial charge in [-0.1, -0.05) is 0 Å². The Morgan fingerprint density at radius 3 is 3.16 bits per heavy atom. The van der Waals surface area contributed by atoms with E-state index in [1.54, 1.807) is 4.88 Å². The van der Waals surface area contributed by atoms with Crippen molar-refractivity contribution in [3.63, 3.8) is 0 Å². The summed E-state index contributed by atoms with van der Waals surface area (Å²) >= 11 is 1.88. The van der Waals surface area contributed by atoms with Gasteiger partial charge in [0.15, 0.2) is 5.96 Å². The second-order valence-electron chi connectivity index (χ2n) is 6.99. The van der Waals surface area contributed by atoms with E-state index in [1.807, 2.05) is 18.4 Å². The third-order valence-electron chi connectivity index (χ3n) is 5.12. The van der Waals surface area contributed by atoms with Gasteiger partial charge in [0.25, 0.3) is 0 Å². The molecule has 1 aromatic rings. The molecule has 138 valence electrons. The van der Waals surface area contributed by atoms with E-state index in [-0.39, 0.29) is 5.91 Å². The van der Waals surface area contributed by atoms with Gasteiger partial charge in [0, 0.05) is 57.6 Å². The fourth-order valence-corrected chi connectivity index (χ4v) is 4.75. The number of hydrogen-bond donors (Lipinski definition) is 2. The number of nitrogens with two attached hydrogens (primary N) is 1. The molecule has 1 saturated heterocycles. The van der Waals surface area contributed by atoms with E-state index in [2.05, 4.69) is 31.6 Å². The van der Waals surface area contributed by atoms with Gasteiger partial charge in [-0.25, -0.2) is 0 Å². The molecule has 2 aliphatic heterocycles. The summed E-state index contributed by atoms with van der Waals surface area (Å²) in [6.07, 6.45) is 3.81. The maximum Gasteiger partial charge on any atom is 0.217 e. The summed E-state index contributed by atoms with van der Waals surface area (Å²) < 4.78 is 0. The van der Waals surface area contributed by atoms with Crippen LogP contribution in [0.15, 0.2) is 16.4 Å². The molecule has 3 heterocycles. The lowest BCUT2D eigenvalue weighted by molar-refractivity contribution is -0.119. The number of fused-ring (bicyclic) bond motifs is 1. The van der Waals surface area contributed by atoms with Crippen LogP contribution >= 0.6 is 11.3 Å². The second-order valence-corrected chi connectivity index (χ2v) is 7.99. The predicted molar refractivity (Wildman–Crippen MR) is 103 cm³/mol. The first-order chi connectivity index (χ1) is 12.2. The second kappa shape index (κ2) is 8.67. The lowest BCUT2D eigenvalue weighted by Crippen LogP contribution is -2.48. The van der Waals surface area contributed by atoms with Gasteiger partial charge in [0.1, 0.15) is 0 Å². The van der Waals surface area contributed by atoms with E-state index in [9.17, 15) is 4.79 Å². The fourth-order valence-electron chi connectivity index (χ4n) is 3.86. The number of nitrogens with one attached hydrogen (secondary N) is 1. The van der Waals surface area contributed by atoms with Crippen LogP contribution < -0.4 is 11.1 Å². The lowest BCUT2D eigenvalue weighted by atomic mass is 9.95. The van der Waals surface area contributed by atoms with Crippen LogP contribution in [0.5, 0.6) is 0 Å². The monoisotopic (exact) mass is 363 g/mol. The molecule has 0 radical (unpaired) electrons. The van der Waals surface area contributed by atoms with Gasteiger partial charge in [-0.3, -0.25) is 14.7 Å². The smallest absolute Gasteiger partial charge is 0.217 e. The summed E-state index contributed by atoms with van der Waals surface area (Å²) in [4.78, 5) is 21.9. The standard InChI is InChI=1S/C18H29N5OS/c1-20-18(23-7-2-3-14(12-23)11-17(19)24)21-6-9-22-8-4-16-15(13-22)5-10-25-16/h5,10,14H,2-4,6-9,11-13H2,1H3,(H2,19,24)(H,20,21). The average Bonchev–Trinajstić information content (AvgIpc) is 3.06. The van der Waals surface area contributed by atoms with Crippen molar-refractivity contribution in [1.82, 2.24) is 15.1 Å². The largest absolute Gasteiger partial charge is 0.370 e. The molecule has 1 fully saturated rings. The van der Waals surface area contributed by atoms with Gasteiger partial charge in [0.2, 0.25) is 5.91 Å². The minimum Gasteiger partial charge on any atom is -0.370 e. The summed E-state index contributed by atoms with van der Waals surface area (Å²) in [5, 5.41) is 5.70. The number of hydrogen-bond acceptors (Lipinski definition) is 4. The van der Waals surface area contributed by atoms with Gasteiger partial charge in [-0.2, -0.15) is 0 Å². The van der Waals surface area contributed by atoms with Crippen LogP contribution in [0.2, 0.25) is 0 Å². The molecule has 3 N–H and O–H groups in total. The summed E-state index contributed by atoms with van der Waals surface area (Å²) in [5.74, 6) is 1.10. The first kappa shape index (κ1) is 18.2. The van der Waals surface area contributed by atoms with Crippen LogP contribution in [0.4, 0.5) is 0 Å². The molecule has 1 aromatic heterocycles. The molecular weight excluding hydrogens is 334 g/mol. The molecule has 1 unspecified atom stereocenters. The first-order valence-corrected chi connectivity index (χ1v) is 10.0. The molecule has 0 spiro atoms. The SMILES string of the molecule is CN=C(NCCN1CCc2sccc2C1)N1CCCC(CC(N)=O)C1. The Hall–Kier alpha value is -1.60.